The topological polar surface area (TPSA) is 104 Å². The molecule has 0 aliphatic carbocycles. The first-order valence-corrected chi connectivity index (χ1v) is 14.1. The molecule has 2 saturated heterocycles. The van der Waals surface area contributed by atoms with Gasteiger partial charge < -0.3 is 19.6 Å². The Labute approximate surface area is 245 Å². The summed E-state index contributed by atoms with van der Waals surface area (Å²) in [6.07, 6.45) is 0. The molecule has 0 spiro atoms. The van der Waals surface area contributed by atoms with Gasteiger partial charge in [-0.2, -0.15) is 0 Å². The molecule has 42 heavy (non-hydrogen) atoms. The van der Waals surface area contributed by atoms with Crippen molar-refractivity contribution in [2.24, 2.45) is 22.7 Å². The molecule has 2 fully saturated rings. The molecule has 6 atom stereocenters. The normalized spacial score (nSPS) is 26.8. The lowest BCUT2D eigenvalue weighted by Gasteiger charge is -2.27. The van der Waals surface area contributed by atoms with Gasteiger partial charge in [-0.25, -0.2) is 0 Å². The number of esters is 1. The molecule has 8 nitrogen and oxygen atoms in total. The number of nitrogens with zero attached hydrogens (tertiary/aromatic N) is 2. The average Bonchev–Trinajstić information content (AvgIpc) is 3.43. The lowest BCUT2D eigenvalue weighted by molar-refractivity contribution is -0.163. The minimum absolute atomic E-state index is 0.133. The highest BCUT2D eigenvalue weighted by Gasteiger charge is 2.58. The number of halogens is 2. The molecule has 0 radical (unpaired) electrons. The fourth-order valence-electron chi connectivity index (χ4n) is 5.65. The molecule has 1 N–H and O–H groups in total. The molecule has 2 heterocycles. The number of alkyl halides is 2. The molecule has 0 bridgehead atoms. The van der Waals surface area contributed by atoms with Crippen LogP contribution in [0.4, 0.5) is 8.78 Å². The van der Waals surface area contributed by atoms with Crippen LogP contribution in [-0.4, -0.2) is 71.7 Å². The Hall–Kier alpha value is -3.82. The smallest absolute Gasteiger partial charge is 0.321 e. The SMILES string of the molecule is CCOC(=O)[C@@]1(C)C(=O)N([C@H](C)c2ccccc2)C[C@H]1CF.C[C@H](c1ccccc1)N1C[C@@H](CF)[C@@](C)(C(=O)O)C1=O. The lowest BCUT2D eigenvalue weighted by atomic mass is 9.80. The Morgan fingerprint density at radius 3 is 1.55 bits per heavy atom. The van der Waals surface area contributed by atoms with E-state index in [0.717, 1.165) is 11.1 Å². The second-order valence-corrected chi connectivity index (χ2v) is 11.2. The number of benzene rings is 2. The van der Waals surface area contributed by atoms with Crippen LogP contribution in [0.5, 0.6) is 0 Å². The van der Waals surface area contributed by atoms with Gasteiger partial charge in [0.05, 0.1) is 32.0 Å². The van der Waals surface area contributed by atoms with Crippen LogP contribution in [0.2, 0.25) is 0 Å². The van der Waals surface area contributed by atoms with Crippen LogP contribution >= 0.6 is 0 Å². The Morgan fingerprint density at radius 1 is 0.833 bits per heavy atom. The number of carboxylic acids is 1. The van der Waals surface area contributed by atoms with Crippen molar-refractivity contribution in [1.82, 2.24) is 9.80 Å². The van der Waals surface area contributed by atoms with Crippen LogP contribution in [0.3, 0.4) is 0 Å². The predicted molar refractivity (Wildman–Crippen MR) is 153 cm³/mol. The van der Waals surface area contributed by atoms with Gasteiger partial charge in [-0.15, -0.1) is 0 Å². The van der Waals surface area contributed by atoms with Gasteiger partial charge >= 0.3 is 11.9 Å². The zero-order valence-electron chi connectivity index (χ0n) is 24.8. The number of ether oxygens (including phenoxy) is 1. The molecule has 2 aromatic carbocycles. The highest BCUT2D eigenvalue weighted by molar-refractivity contribution is 6.04. The van der Waals surface area contributed by atoms with Gasteiger partial charge in [0, 0.05) is 24.9 Å². The van der Waals surface area contributed by atoms with Crippen molar-refractivity contribution in [1.29, 1.82) is 0 Å². The molecule has 2 amide bonds. The number of rotatable bonds is 9. The molecule has 10 heteroatoms. The predicted octanol–water partition coefficient (Wildman–Crippen LogP) is 5.01. The van der Waals surface area contributed by atoms with Crippen LogP contribution in [-0.2, 0) is 23.9 Å². The van der Waals surface area contributed by atoms with E-state index >= 15 is 0 Å². The van der Waals surface area contributed by atoms with E-state index in [-0.39, 0.29) is 37.7 Å². The molecule has 0 unspecified atom stereocenters. The first-order chi connectivity index (χ1) is 19.9. The zero-order chi connectivity index (χ0) is 31.2. The van der Waals surface area contributed by atoms with E-state index in [1.54, 1.807) is 11.8 Å². The minimum Gasteiger partial charge on any atom is -0.480 e. The Kier molecular flexibility index (Phi) is 10.5. The number of carbonyl (C=O) groups excluding carboxylic acids is 3. The van der Waals surface area contributed by atoms with E-state index < -0.39 is 53.9 Å². The van der Waals surface area contributed by atoms with Gasteiger partial charge in [-0.3, -0.25) is 28.0 Å². The fourth-order valence-corrected chi connectivity index (χ4v) is 5.65. The zero-order valence-corrected chi connectivity index (χ0v) is 24.8. The van der Waals surface area contributed by atoms with Gasteiger partial charge in [-0.05, 0) is 45.7 Å². The van der Waals surface area contributed by atoms with Gasteiger partial charge in [-0.1, -0.05) is 60.7 Å². The Balaban J connectivity index is 0.000000231. The highest BCUT2D eigenvalue weighted by Crippen LogP contribution is 2.43. The number of likely N-dealkylation sites (tertiary alicyclic amines) is 2. The van der Waals surface area contributed by atoms with Crippen molar-refractivity contribution in [2.75, 3.05) is 33.0 Å². The summed E-state index contributed by atoms with van der Waals surface area (Å²) in [7, 11) is 0. The molecule has 0 aromatic heterocycles. The first-order valence-electron chi connectivity index (χ1n) is 14.1. The quantitative estimate of drug-likeness (QED) is 0.327. The van der Waals surface area contributed by atoms with E-state index in [0.29, 0.717) is 0 Å². The van der Waals surface area contributed by atoms with Crippen molar-refractivity contribution in [3.8, 4) is 0 Å². The number of aliphatic carboxylic acids is 1. The molecule has 2 aliphatic rings. The van der Waals surface area contributed by atoms with E-state index in [4.69, 9.17) is 4.74 Å². The highest BCUT2D eigenvalue weighted by atomic mass is 19.1. The van der Waals surface area contributed by atoms with E-state index in [1.807, 2.05) is 74.5 Å². The van der Waals surface area contributed by atoms with Crippen LogP contribution in [0.15, 0.2) is 60.7 Å². The maximum Gasteiger partial charge on any atom is 0.321 e. The maximum atomic E-state index is 13.4. The van der Waals surface area contributed by atoms with E-state index in [2.05, 4.69) is 0 Å². The summed E-state index contributed by atoms with van der Waals surface area (Å²) < 4.78 is 31.6. The molecular formula is C32H40F2N2O6. The standard InChI is InChI=1S/C17H22FNO3.C15H18FNO3/c1-4-22-16(21)17(3)14(10-18)11-19(15(17)20)12(2)13-8-6-5-7-9-13;1-10(11-6-4-3-5-7-11)17-9-12(8-16)15(2,13(17)18)14(19)20/h5-9,12,14H,4,10-11H2,1-3H3;3-7,10,12H,8-9H2,1-2H3,(H,19,20)/t12-,14-,17-;10-,12-,15-/m11/s1. The molecular weight excluding hydrogens is 546 g/mol. The van der Waals surface area contributed by atoms with Gasteiger partial charge in [0.15, 0.2) is 10.8 Å². The van der Waals surface area contributed by atoms with Crippen LogP contribution in [0.1, 0.15) is 57.8 Å². The Bertz CT molecular complexity index is 1260. The summed E-state index contributed by atoms with van der Waals surface area (Å²) in [6, 6.07) is 18.4. The van der Waals surface area contributed by atoms with Crippen molar-refractivity contribution >= 4 is 23.8 Å². The number of carbonyl (C=O) groups is 4. The number of hydrogen-bond donors (Lipinski definition) is 1. The number of hydrogen-bond acceptors (Lipinski definition) is 5. The van der Waals surface area contributed by atoms with Crippen molar-refractivity contribution in [3.05, 3.63) is 71.8 Å². The van der Waals surface area contributed by atoms with Gasteiger partial charge in [0.2, 0.25) is 11.8 Å². The van der Waals surface area contributed by atoms with Crippen LogP contribution in [0.25, 0.3) is 0 Å². The second kappa shape index (κ2) is 13.4. The third kappa shape index (κ3) is 5.89. The summed E-state index contributed by atoms with van der Waals surface area (Å²) in [5.41, 5.74) is -1.24. The molecule has 2 aromatic rings. The molecule has 0 saturated carbocycles. The molecule has 228 valence electrons. The summed E-state index contributed by atoms with van der Waals surface area (Å²) in [6.45, 7) is 7.20. The summed E-state index contributed by atoms with van der Waals surface area (Å²) in [5, 5.41) is 9.30. The third-order valence-electron chi connectivity index (χ3n) is 8.89. The molecule has 4 rings (SSSR count). The number of amides is 2. The summed E-state index contributed by atoms with van der Waals surface area (Å²) in [5.74, 6) is -4.24. The molecule has 2 aliphatic heterocycles. The Morgan fingerprint density at radius 2 is 1.21 bits per heavy atom. The van der Waals surface area contributed by atoms with Gasteiger partial charge in [0.1, 0.15) is 0 Å². The minimum atomic E-state index is -1.67. The summed E-state index contributed by atoms with van der Waals surface area (Å²) in [4.78, 5) is 51.9. The maximum absolute atomic E-state index is 13.4. The number of carboxylic acid groups (broad SMARTS) is 1. The van der Waals surface area contributed by atoms with Crippen LogP contribution < -0.4 is 0 Å². The largest absolute Gasteiger partial charge is 0.480 e. The van der Waals surface area contributed by atoms with Crippen molar-refractivity contribution < 1.29 is 37.8 Å². The second-order valence-electron chi connectivity index (χ2n) is 11.2. The van der Waals surface area contributed by atoms with Gasteiger partial charge in [0.25, 0.3) is 0 Å². The fraction of sp³-hybridized carbons (Fsp3) is 0.500. The third-order valence-corrected chi connectivity index (χ3v) is 8.89. The van der Waals surface area contributed by atoms with E-state index in [1.165, 1.54) is 18.7 Å². The van der Waals surface area contributed by atoms with Crippen LogP contribution in [0, 0.1) is 22.7 Å². The van der Waals surface area contributed by atoms with Crippen molar-refractivity contribution in [3.63, 3.8) is 0 Å². The lowest BCUT2D eigenvalue weighted by Crippen LogP contribution is -2.43. The summed E-state index contributed by atoms with van der Waals surface area (Å²) >= 11 is 0. The monoisotopic (exact) mass is 586 g/mol. The van der Waals surface area contributed by atoms with Crippen molar-refractivity contribution in [2.45, 2.75) is 46.7 Å². The van der Waals surface area contributed by atoms with E-state index in [9.17, 15) is 33.1 Å². The average molecular weight is 587 g/mol. The first kappa shape index (κ1) is 32.7.